The number of amides is 1. The molecule has 11 nitrogen and oxygen atoms in total. The molecule has 0 radical (unpaired) electrons. The number of ether oxygens (including phenoxy) is 3. The molecule has 6 rings (SSSR count). The lowest BCUT2D eigenvalue weighted by molar-refractivity contribution is -0.137. The number of nitrogens with zero attached hydrogens (tertiary/aromatic N) is 7. The van der Waals surface area contributed by atoms with E-state index in [0.717, 1.165) is 80.8 Å². The van der Waals surface area contributed by atoms with Gasteiger partial charge in [0.1, 0.15) is 11.6 Å². The molecule has 0 unspecified atom stereocenters. The van der Waals surface area contributed by atoms with Crippen LogP contribution in [0.5, 0.6) is 11.5 Å². The van der Waals surface area contributed by atoms with E-state index in [1.54, 1.807) is 0 Å². The lowest BCUT2D eigenvalue weighted by Gasteiger charge is -2.35. The van der Waals surface area contributed by atoms with Gasteiger partial charge in [0.05, 0.1) is 26.3 Å². The first-order valence-electron chi connectivity index (χ1n) is 14.5. The molecule has 0 bridgehead atoms. The van der Waals surface area contributed by atoms with E-state index < -0.39 is 5.79 Å². The van der Waals surface area contributed by atoms with E-state index in [2.05, 4.69) is 20.0 Å². The smallest absolute Gasteiger partial charge is 0.246 e. The van der Waals surface area contributed by atoms with Gasteiger partial charge in [-0.25, -0.2) is 9.97 Å². The van der Waals surface area contributed by atoms with Crippen LogP contribution in [0.1, 0.15) is 50.9 Å². The van der Waals surface area contributed by atoms with E-state index in [1.807, 2.05) is 43.0 Å². The lowest BCUT2D eigenvalue weighted by atomic mass is 10.1. The number of hydrogen-bond donors (Lipinski definition) is 0. The van der Waals surface area contributed by atoms with Crippen LogP contribution in [0.3, 0.4) is 0 Å². The number of morpholine rings is 1. The minimum atomic E-state index is -0.659. The highest BCUT2D eigenvalue weighted by molar-refractivity contribution is 5.79. The second-order valence-electron chi connectivity index (χ2n) is 11.5. The highest BCUT2D eigenvalue weighted by atomic mass is 16.7. The van der Waals surface area contributed by atoms with Crippen molar-refractivity contribution >= 4 is 17.5 Å². The van der Waals surface area contributed by atoms with E-state index in [9.17, 15) is 4.79 Å². The van der Waals surface area contributed by atoms with Crippen molar-refractivity contribution in [2.75, 3.05) is 57.4 Å². The molecule has 214 valence electrons. The van der Waals surface area contributed by atoms with Gasteiger partial charge in [-0.2, -0.15) is 5.11 Å². The first-order chi connectivity index (χ1) is 19.4. The summed E-state index contributed by atoms with van der Waals surface area (Å²) in [4.78, 5) is 29.1. The van der Waals surface area contributed by atoms with Crippen LogP contribution in [0.4, 0.5) is 11.6 Å². The number of azo groups is 1. The Hall–Kier alpha value is -3.31. The third kappa shape index (κ3) is 6.36. The van der Waals surface area contributed by atoms with Crippen molar-refractivity contribution in [2.45, 2.75) is 58.4 Å². The number of aromatic nitrogens is 2. The maximum absolute atomic E-state index is 12.8. The molecule has 4 heterocycles. The van der Waals surface area contributed by atoms with Crippen LogP contribution in [0.25, 0.3) is 0 Å². The van der Waals surface area contributed by atoms with Crippen molar-refractivity contribution in [3.8, 4) is 11.5 Å². The standard InChI is InChI=1S/C29H39N7O4/c1-29(2)39-23-8-7-21(17-24(23)40-29)19-30-33-25-18-27(35-13-15-38-16-14-35)32-26(31-25)20-34-9-11-36(12-10-34)28(37)22-5-3-4-6-22/h7-8,17-18,22H,3-6,9-16,19-20H2,1-2H3. The largest absolute Gasteiger partial charge is 0.449 e. The van der Waals surface area contributed by atoms with Crippen molar-refractivity contribution in [1.82, 2.24) is 19.8 Å². The SMILES string of the molecule is CC1(C)Oc2ccc(CN=Nc3cc(N4CCOCC4)nc(CN4CCN(C(=O)C5CCCC5)CC4)n3)cc2O1. The molecular formula is C29H39N7O4. The molecule has 1 aromatic heterocycles. The van der Waals surface area contributed by atoms with Gasteiger partial charge in [-0.15, -0.1) is 5.11 Å². The van der Waals surface area contributed by atoms with E-state index in [-0.39, 0.29) is 5.92 Å². The summed E-state index contributed by atoms with van der Waals surface area (Å²) in [5.74, 6) is 3.50. The second kappa shape index (κ2) is 11.7. The van der Waals surface area contributed by atoms with Crippen molar-refractivity contribution in [2.24, 2.45) is 16.1 Å². The molecule has 0 atom stereocenters. The minimum absolute atomic E-state index is 0.234. The molecule has 40 heavy (non-hydrogen) atoms. The molecule has 4 aliphatic rings. The molecule has 2 saturated heterocycles. The van der Waals surface area contributed by atoms with E-state index in [4.69, 9.17) is 24.2 Å². The fourth-order valence-electron chi connectivity index (χ4n) is 5.86. The number of benzene rings is 1. The van der Waals surface area contributed by atoms with Crippen LogP contribution in [0.15, 0.2) is 34.5 Å². The molecule has 2 aromatic rings. The number of piperazine rings is 1. The predicted octanol–water partition coefficient (Wildman–Crippen LogP) is 3.94. The van der Waals surface area contributed by atoms with Crippen LogP contribution in [-0.4, -0.2) is 83.9 Å². The fourth-order valence-corrected chi connectivity index (χ4v) is 5.86. The van der Waals surface area contributed by atoms with Gasteiger partial charge in [-0.05, 0) is 30.5 Å². The fraction of sp³-hybridized carbons (Fsp3) is 0.621. The molecule has 3 fully saturated rings. The van der Waals surface area contributed by atoms with Gasteiger partial charge in [-0.1, -0.05) is 18.9 Å². The number of carbonyl (C=O) groups excluding carboxylic acids is 1. The first-order valence-corrected chi connectivity index (χ1v) is 14.5. The number of fused-ring (bicyclic) bond motifs is 1. The molecular weight excluding hydrogens is 510 g/mol. The third-order valence-corrected chi connectivity index (χ3v) is 7.98. The third-order valence-electron chi connectivity index (χ3n) is 7.98. The lowest BCUT2D eigenvalue weighted by Crippen LogP contribution is -2.49. The second-order valence-corrected chi connectivity index (χ2v) is 11.5. The van der Waals surface area contributed by atoms with Crippen LogP contribution in [-0.2, 0) is 22.6 Å². The van der Waals surface area contributed by atoms with Gasteiger partial charge in [0.15, 0.2) is 17.3 Å². The van der Waals surface area contributed by atoms with E-state index in [1.165, 1.54) is 12.8 Å². The Kier molecular flexibility index (Phi) is 7.84. The zero-order valence-electron chi connectivity index (χ0n) is 23.5. The molecule has 0 N–H and O–H groups in total. The molecule has 1 aromatic carbocycles. The monoisotopic (exact) mass is 549 g/mol. The summed E-state index contributed by atoms with van der Waals surface area (Å²) >= 11 is 0. The molecule has 1 amide bonds. The Morgan fingerprint density at radius 1 is 0.975 bits per heavy atom. The Balaban J connectivity index is 1.12. The quantitative estimate of drug-likeness (QED) is 0.479. The Morgan fingerprint density at radius 2 is 1.73 bits per heavy atom. The van der Waals surface area contributed by atoms with Gasteiger partial charge in [-0.3, -0.25) is 9.69 Å². The average Bonchev–Trinajstić information content (AvgIpc) is 3.60. The average molecular weight is 550 g/mol. The van der Waals surface area contributed by atoms with Crippen LogP contribution < -0.4 is 14.4 Å². The van der Waals surface area contributed by atoms with Gasteiger partial charge in [0.25, 0.3) is 0 Å². The van der Waals surface area contributed by atoms with E-state index in [0.29, 0.717) is 38.0 Å². The van der Waals surface area contributed by atoms with Crippen LogP contribution in [0, 0.1) is 5.92 Å². The normalized spacial score (nSPS) is 21.4. The first kappa shape index (κ1) is 26.9. The zero-order valence-corrected chi connectivity index (χ0v) is 23.5. The maximum atomic E-state index is 12.8. The molecule has 3 aliphatic heterocycles. The summed E-state index contributed by atoms with van der Waals surface area (Å²) in [6.07, 6.45) is 4.46. The maximum Gasteiger partial charge on any atom is 0.246 e. The number of anilines is 1. The van der Waals surface area contributed by atoms with Crippen molar-refractivity contribution in [1.29, 1.82) is 0 Å². The van der Waals surface area contributed by atoms with Gasteiger partial charge >= 0.3 is 0 Å². The summed E-state index contributed by atoms with van der Waals surface area (Å²) in [5.41, 5.74) is 0.983. The molecule has 1 saturated carbocycles. The highest BCUT2D eigenvalue weighted by Gasteiger charge is 2.32. The highest BCUT2D eigenvalue weighted by Crippen LogP contribution is 2.39. The minimum Gasteiger partial charge on any atom is -0.449 e. The van der Waals surface area contributed by atoms with Crippen LogP contribution >= 0.6 is 0 Å². The predicted molar refractivity (Wildman–Crippen MR) is 149 cm³/mol. The number of rotatable bonds is 7. The molecule has 11 heteroatoms. The summed E-state index contributed by atoms with van der Waals surface area (Å²) in [6.45, 7) is 10.9. The van der Waals surface area contributed by atoms with Gasteiger partial charge in [0, 0.05) is 65.1 Å². The van der Waals surface area contributed by atoms with Crippen molar-refractivity contribution in [3.63, 3.8) is 0 Å². The summed E-state index contributed by atoms with van der Waals surface area (Å²) in [5, 5.41) is 8.94. The van der Waals surface area contributed by atoms with Crippen molar-refractivity contribution in [3.05, 3.63) is 35.7 Å². The summed E-state index contributed by atoms with van der Waals surface area (Å²) in [7, 11) is 0. The Labute approximate surface area is 235 Å². The van der Waals surface area contributed by atoms with Crippen LogP contribution in [0.2, 0.25) is 0 Å². The zero-order chi connectivity index (χ0) is 27.5. The topological polar surface area (TPSA) is 105 Å². The van der Waals surface area contributed by atoms with Gasteiger partial charge < -0.3 is 24.0 Å². The summed E-state index contributed by atoms with van der Waals surface area (Å²) < 4.78 is 17.2. The molecule has 0 spiro atoms. The van der Waals surface area contributed by atoms with E-state index >= 15 is 0 Å². The summed E-state index contributed by atoms with van der Waals surface area (Å²) in [6, 6.07) is 7.74. The van der Waals surface area contributed by atoms with Crippen molar-refractivity contribution < 1.29 is 19.0 Å². The number of hydrogen-bond acceptors (Lipinski definition) is 10. The Bertz CT molecular complexity index is 1230. The molecule has 1 aliphatic carbocycles. The number of carbonyl (C=O) groups is 1. The Morgan fingerprint density at radius 3 is 2.50 bits per heavy atom. The van der Waals surface area contributed by atoms with Gasteiger partial charge in [0.2, 0.25) is 11.7 Å².